The Morgan fingerprint density at radius 2 is 2.25 bits per heavy atom. The summed E-state index contributed by atoms with van der Waals surface area (Å²) < 4.78 is 13.5. The molecule has 5 heteroatoms. The molecule has 0 aliphatic carbocycles. The second-order valence-corrected chi connectivity index (χ2v) is 3.36. The zero-order valence-electron chi connectivity index (χ0n) is 8.27. The largest absolute Gasteiger partial charge is 0.481 e. The lowest BCUT2D eigenvalue weighted by Gasteiger charge is -2.03. The predicted molar refractivity (Wildman–Crippen MR) is 55.3 cm³/mol. The van der Waals surface area contributed by atoms with Crippen molar-refractivity contribution >= 4 is 5.97 Å². The van der Waals surface area contributed by atoms with Gasteiger partial charge in [-0.05, 0) is 23.8 Å². The Labute approximate surface area is 90.7 Å². The fourth-order valence-electron chi connectivity index (χ4n) is 1.47. The van der Waals surface area contributed by atoms with Crippen molar-refractivity contribution in [1.29, 1.82) is 0 Å². The molecule has 2 aromatic rings. The molecule has 0 fully saturated rings. The summed E-state index contributed by atoms with van der Waals surface area (Å²) in [6.45, 7) is 0. The minimum Gasteiger partial charge on any atom is -0.481 e. The molecule has 0 atom stereocenters. The maximum absolute atomic E-state index is 13.5. The van der Waals surface area contributed by atoms with E-state index in [1.54, 1.807) is 6.07 Å². The molecule has 0 unspecified atom stereocenters. The van der Waals surface area contributed by atoms with Crippen molar-refractivity contribution in [3.05, 3.63) is 41.8 Å². The van der Waals surface area contributed by atoms with Gasteiger partial charge in [0.05, 0.1) is 12.1 Å². The monoisotopic (exact) mass is 220 g/mol. The Balaban J connectivity index is 2.41. The first kappa shape index (κ1) is 10.4. The number of carboxylic acids is 1. The number of nitrogens with one attached hydrogen (secondary N) is 1. The molecule has 82 valence electrons. The third kappa shape index (κ3) is 2.08. The molecule has 0 saturated carbocycles. The van der Waals surface area contributed by atoms with Crippen LogP contribution in [0.1, 0.15) is 5.56 Å². The molecule has 0 saturated heterocycles. The summed E-state index contributed by atoms with van der Waals surface area (Å²) >= 11 is 0. The lowest BCUT2D eigenvalue weighted by atomic mass is 10.1. The first-order valence-electron chi connectivity index (χ1n) is 4.67. The van der Waals surface area contributed by atoms with Gasteiger partial charge in [-0.1, -0.05) is 6.07 Å². The average molecular weight is 220 g/mol. The van der Waals surface area contributed by atoms with E-state index >= 15 is 0 Å². The Morgan fingerprint density at radius 1 is 1.44 bits per heavy atom. The highest BCUT2D eigenvalue weighted by molar-refractivity contribution is 5.71. The number of halogens is 1. The van der Waals surface area contributed by atoms with Crippen molar-refractivity contribution in [1.82, 2.24) is 10.2 Å². The van der Waals surface area contributed by atoms with E-state index in [1.807, 2.05) is 0 Å². The molecule has 16 heavy (non-hydrogen) atoms. The van der Waals surface area contributed by atoms with Crippen LogP contribution in [0.4, 0.5) is 4.39 Å². The fourth-order valence-corrected chi connectivity index (χ4v) is 1.47. The number of carbonyl (C=O) groups is 1. The van der Waals surface area contributed by atoms with Gasteiger partial charge in [0.2, 0.25) is 0 Å². The third-order valence-corrected chi connectivity index (χ3v) is 2.18. The standard InChI is InChI=1S/C11H9FN2O2/c12-9-2-1-7(6-11(15)16)5-8(9)10-3-4-13-14-10/h1-5H,6H2,(H,13,14)(H,15,16). The minimum atomic E-state index is -0.942. The van der Waals surface area contributed by atoms with Crippen LogP contribution < -0.4 is 0 Å². The third-order valence-electron chi connectivity index (χ3n) is 2.18. The number of benzene rings is 1. The van der Waals surface area contributed by atoms with Gasteiger partial charge in [0.25, 0.3) is 0 Å². The van der Waals surface area contributed by atoms with E-state index < -0.39 is 11.8 Å². The molecule has 0 aliphatic rings. The Hall–Kier alpha value is -2.17. The number of H-pyrrole nitrogens is 1. The number of carboxylic acid groups (broad SMARTS) is 1. The second-order valence-electron chi connectivity index (χ2n) is 3.36. The van der Waals surface area contributed by atoms with Gasteiger partial charge in [0.1, 0.15) is 5.82 Å². The number of aromatic nitrogens is 2. The van der Waals surface area contributed by atoms with E-state index in [0.717, 1.165) is 0 Å². The van der Waals surface area contributed by atoms with Crippen molar-refractivity contribution in [2.24, 2.45) is 0 Å². The molecule has 1 heterocycles. The molecule has 0 radical (unpaired) electrons. The first-order valence-corrected chi connectivity index (χ1v) is 4.67. The SMILES string of the molecule is O=C(O)Cc1ccc(F)c(-c2ccn[nH]2)c1. The molecular formula is C11H9FN2O2. The van der Waals surface area contributed by atoms with E-state index in [2.05, 4.69) is 10.2 Å². The number of aliphatic carboxylic acids is 1. The zero-order valence-corrected chi connectivity index (χ0v) is 8.27. The quantitative estimate of drug-likeness (QED) is 0.829. The molecule has 0 bridgehead atoms. The van der Waals surface area contributed by atoms with Crippen LogP contribution in [0.25, 0.3) is 11.3 Å². The van der Waals surface area contributed by atoms with E-state index in [0.29, 0.717) is 16.8 Å². The summed E-state index contributed by atoms with van der Waals surface area (Å²) in [4.78, 5) is 10.5. The minimum absolute atomic E-state index is 0.124. The van der Waals surface area contributed by atoms with Gasteiger partial charge < -0.3 is 5.11 Å². The molecule has 4 nitrogen and oxygen atoms in total. The average Bonchev–Trinajstić information content (AvgIpc) is 2.73. The van der Waals surface area contributed by atoms with Gasteiger partial charge in [-0.25, -0.2) is 4.39 Å². The summed E-state index contributed by atoms with van der Waals surface area (Å²) in [5.41, 5.74) is 1.42. The Morgan fingerprint density at radius 3 is 2.88 bits per heavy atom. The van der Waals surface area contributed by atoms with Crippen LogP contribution in [0.15, 0.2) is 30.5 Å². The normalized spacial score (nSPS) is 10.3. The lowest BCUT2D eigenvalue weighted by molar-refractivity contribution is -0.136. The van der Waals surface area contributed by atoms with Crippen LogP contribution in [0.3, 0.4) is 0 Å². The number of nitrogens with zero attached hydrogens (tertiary/aromatic N) is 1. The van der Waals surface area contributed by atoms with E-state index in [9.17, 15) is 9.18 Å². The second kappa shape index (κ2) is 4.14. The molecule has 0 amide bonds. The summed E-state index contributed by atoms with van der Waals surface area (Å²) in [5, 5.41) is 15.0. The van der Waals surface area contributed by atoms with Gasteiger partial charge in [0, 0.05) is 11.8 Å². The fraction of sp³-hybridized carbons (Fsp3) is 0.0909. The smallest absolute Gasteiger partial charge is 0.307 e. The maximum Gasteiger partial charge on any atom is 0.307 e. The van der Waals surface area contributed by atoms with Gasteiger partial charge in [-0.3, -0.25) is 9.89 Å². The van der Waals surface area contributed by atoms with Gasteiger partial charge in [-0.15, -0.1) is 0 Å². The Kier molecular flexibility index (Phi) is 2.68. The van der Waals surface area contributed by atoms with E-state index in [4.69, 9.17) is 5.11 Å². The highest BCUT2D eigenvalue weighted by Gasteiger charge is 2.09. The van der Waals surface area contributed by atoms with Gasteiger partial charge >= 0.3 is 5.97 Å². The Bertz CT molecular complexity index is 509. The van der Waals surface area contributed by atoms with Crippen molar-refractivity contribution in [3.8, 4) is 11.3 Å². The molecule has 1 aromatic heterocycles. The van der Waals surface area contributed by atoms with Crippen LogP contribution >= 0.6 is 0 Å². The zero-order chi connectivity index (χ0) is 11.5. The topological polar surface area (TPSA) is 66.0 Å². The highest BCUT2D eigenvalue weighted by atomic mass is 19.1. The molecular weight excluding hydrogens is 211 g/mol. The summed E-state index contributed by atoms with van der Waals surface area (Å²) in [7, 11) is 0. The first-order chi connectivity index (χ1) is 7.66. The van der Waals surface area contributed by atoms with Crippen LogP contribution in [0, 0.1) is 5.82 Å². The predicted octanol–water partition coefficient (Wildman–Crippen LogP) is 1.84. The number of rotatable bonds is 3. The highest BCUT2D eigenvalue weighted by Crippen LogP contribution is 2.21. The van der Waals surface area contributed by atoms with Crippen LogP contribution in [-0.4, -0.2) is 21.3 Å². The molecule has 0 spiro atoms. The van der Waals surface area contributed by atoms with Crippen LogP contribution in [0.5, 0.6) is 0 Å². The van der Waals surface area contributed by atoms with Crippen molar-refractivity contribution in [2.45, 2.75) is 6.42 Å². The molecule has 2 rings (SSSR count). The number of hydrogen-bond acceptors (Lipinski definition) is 2. The number of aromatic amines is 1. The summed E-state index contributed by atoms with van der Waals surface area (Å²) in [6.07, 6.45) is 1.39. The van der Waals surface area contributed by atoms with Crippen molar-refractivity contribution in [2.75, 3.05) is 0 Å². The van der Waals surface area contributed by atoms with Crippen molar-refractivity contribution in [3.63, 3.8) is 0 Å². The maximum atomic E-state index is 13.5. The van der Waals surface area contributed by atoms with Crippen molar-refractivity contribution < 1.29 is 14.3 Å². The summed E-state index contributed by atoms with van der Waals surface area (Å²) in [5.74, 6) is -1.35. The van der Waals surface area contributed by atoms with Gasteiger partial charge in [-0.2, -0.15) is 5.10 Å². The molecule has 1 aromatic carbocycles. The van der Waals surface area contributed by atoms with E-state index in [-0.39, 0.29) is 6.42 Å². The lowest BCUT2D eigenvalue weighted by Crippen LogP contribution is -2.00. The van der Waals surface area contributed by atoms with Crippen LogP contribution in [-0.2, 0) is 11.2 Å². The molecule has 2 N–H and O–H groups in total. The van der Waals surface area contributed by atoms with E-state index in [1.165, 1.54) is 24.4 Å². The summed E-state index contributed by atoms with van der Waals surface area (Å²) in [6, 6.07) is 5.86. The molecule has 0 aliphatic heterocycles. The van der Waals surface area contributed by atoms with Gasteiger partial charge in [0.15, 0.2) is 0 Å². The number of hydrogen-bond donors (Lipinski definition) is 2. The van der Waals surface area contributed by atoms with Crippen LogP contribution in [0.2, 0.25) is 0 Å².